The van der Waals surface area contributed by atoms with Gasteiger partial charge in [-0.05, 0) is 24.1 Å². The number of esters is 1. The summed E-state index contributed by atoms with van der Waals surface area (Å²) in [5.74, 6) is -0.958. The molecule has 0 aliphatic carbocycles. The molecular weight excluding hydrogens is 270 g/mol. The van der Waals surface area contributed by atoms with Crippen LogP contribution in [-0.2, 0) is 14.8 Å². The average molecular weight is 287 g/mol. The summed E-state index contributed by atoms with van der Waals surface area (Å²) in [5.41, 5.74) is -0.185. The van der Waals surface area contributed by atoms with E-state index in [1.54, 1.807) is 0 Å². The summed E-state index contributed by atoms with van der Waals surface area (Å²) in [6, 6.07) is 3.46. The van der Waals surface area contributed by atoms with Crippen molar-refractivity contribution in [2.75, 3.05) is 13.7 Å². The molecule has 7 heteroatoms. The van der Waals surface area contributed by atoms with Crippen LogP contribution in [0.2, 0.25) is 0 Å². The lowest BCUT2D eigenvalue weighted by Crippen LogP contribution is -2.27. The minimum absolute atomic E-state index is 0.0913. The molecule has 0 saturated carbocycles. The van der Waals surface area contributed by atoms with Crippen molar-refractivity contribution in [3.05, 3.63) is 23.8 Å². The van der Waals surface area contributed by atoms with Crippen LogP contribution in [0, 0.1) is 5.92 Å². The van der Waals surface area contributed by atoms with Crippen molar-refractivity contribution in [2.45, 2.75) is 18.7 Å². The number of carbonyl (C=O) groups is 1. The molecule has 6 nitrogen and oxygen atoms in total. The molecule has 19 heavy (non-hydrogen) atoms. The highest BCUT2D eigenvalue weighted by Crippen LogP contribution is 2.22. The number of phenols is 1. The van der Waals surface area contributed by atoms with Gasteiger partial charge in [0.25, 0.3) is 0 Å². The second kappa shape index (κ2) is 6.03. The Morgan fingerprint density at radius 3 is 2.58 bits per heavy atom. The Morgan fingerprint density at radius 1 is 1.42 bits per heavy atom. The van der Waals surface area contributed by atoms with Crippen molar-refractivity contribution >= 4 is 16.0 Å². The Labute approximate surface area is 112 Å². The molecule has 0 unspecified atom stereocenters. The van der Waals surface area contributed by atoms with Crippen LogP contribution in [0.1, 0.15) is 24.2 Å². The quantitative estimate of drug-likeness (QED) is 0.791. The molecule has 0 atom stereocenters. The number of methoxy groups -OCH3 is 1. The van der Waals surface area contributed by atoms with E-state index in [4.69, 9.17) is 0 Å². The van der Waals surface area contributed by atoms with Gasteiger partial charge in [-0.15, -0.1) is 0 Å². The largest absolute Gasteiger partial charge is 0.507 e. The number of rotatable bonds is 5. The first-order valence-electron chi connectivity index (χ1n) is 5.69. The maximum Gasteiger partial charge on any atom is 0.341 e. The minimum atomic E-state index is -3.71. The van der Waals surface area contributed by atoms with E-state index in [0.717, 1.165) is 19.2 Å². The van der Waals surface area contributed by atoms with E-state index in [1.165, 1.54) is 6.07 Å². The number of sulfonamides is 1. The van der Waals surface area contributed by atoms with Crippen molar-refractivity contribution in [1.82, 2.24) is 4.72 Å². The number of ether oxygens (including phenoxy) is 1. The molecule has 1 aromatic rings. The molecule has 1 aromatic carbocycles. The molecule has 0 saturated heterocycles. The zero-order chi connectivity index (χ0) is 14.6. The second-order valence-electron chi connectivity index (χ2n) is 4.42. The highest BCUT2D eigenvalue weighted by Gasteiger charge is 2.19. The molecule has 0 amide bonds. The number of aromatic hydroxyl groups is 1. The lowest BCUT2D eigenvalue weighted by atomic mass is 10.2. The maximum absolute atomic E-state index is 12.0. The fourth-order valence-corrected chi connectivity index (χ4v) is 2.56. The van der Waals surface area contributed by atoms with E-state index in [-0.39, 0.29) is 28.7 Å². The third-order valence-corrected chi connectivity index (χ3v) is 3.79. The monoisotopic (exact) mass is 287 g/mol. The van der Waals surface area contributed by atoms with E-state index >= 15 is 0 Å². The number of phenolic OH excluding ortho intramolecular Hbond substituents is 1. The van der Waals surface area contributed by atoms with E-state index in [1.807, 2.05) is 13.8 Å². The lowest BCUT2D eigenvalue weighted by molar-refractivity contribution is 0.0597. The zero-order valence-electron chi connectivity index (χ0n) is 11.0. The van der Waals surface area contributed by atoms with Crippen LogP contribution in [0.4, 0.5) is 0 Å². The number of carbonyl (C=O) groups excluding carboxylic acids is 1. The van der Waals surface area contributed by atoms with Crippen LogP contribution < -0.4 is 4.72 Å². The normalized spacial score (nSPS) is 11.6. The number of hydrogen-bond acceptors (Lipinski definition) is 5. The Morgan fingerprint density at radius 2 is 2.05 bits per heavy atom. The molecule has 0 aromatic heterocycles. The molecule has 0 spiro atoms. The molecule has 0 heterocycles. The van der Waals surface area contributed by atoms with Crippen molar-refractivity contribution in [3.8, 4) is 5.75 Å². The highest BCUT2D eigenvalue weighted by atomic mass is 32.2. The molecule has 106 valence electrons. The molecule has 0 aliphatic heterocycles. The summed E-state index contributed by atoms with van der Waals surface area (Å²) < 4.78 is 30.8. The molecule has 0 aliphatic rings. The summed E-state index contributed by atoms with van der Waals surface area (Å²) >= 11 is 0. The molecule has 2 N–H and O–H groups in total. The number of benzene rings is 1. The summed E-state index contributed by atoms with van der Waals surface area (Å²) in [4.78, 5) is 11.3. The first-order chi connectivity index (χ1) is 8.77. The van der Waals surface area contributed by atoms with Crippen LogP contribution in [0.15, 0.2) is 23.1 Å². The topological polar surface area (TPSA) is 92.7 Å². The summed E-state index contributed by atoms with van der Waals surface area (Å²) in [7, 11) is -2.55. The van der Waals surface area contributed by atoms with Crippen LogP contribution >= 0.6 is 0 Å². The smallest absolute Gasteiger partial charge is 0.341 e. The SMILES string of the molecule is COC(=O)c1cc(S(=O)(=O)NCC(C)C)ccc1O. The molecular formula is C12H17NO5S. The molecule has 0 radical (unpaired) electrons. The minimum Gasteiger partial charge on any atom is -0.507 e. The van der Waals surface area contributed by atoms with E-state index in [9.17, 15) is 18.3 Å². The van der Waals surface area contributed by atoms with Gasteiger partial charge in [-0.25, -0.2) is 17.9 Å². The van der Waals surface area contributed by atoms with Gasteiger partial charge in [-0.1, -0.05) is 13.8 Å². The third kappa shape index (κ3) is 3.93. The van der Waals surface area contributed by atoms with Crippen LogP contribution in [0.3, 0.4) is 0 Å². The van der Waals surface area contributed by atoms with E-state index in [0.29, 0.717) is 0 Å². The van der Waals surface area contributed by atoms with Crippen molar-refractivity contribution in [1.29, 1.82) is 0 Å². The Hall–Kier alpha value is -1.60. The van der Waals surface area contributed by atoms with Gasteiger partial charge in [0, 0.05) is 6.54 Å². The average Bonchev–Trinajstić information content (AvgIpc) is 2.36. The van der Waals surface area contributed by atoms with Gasteiger partial charge in [0.1, 0.15) is 11.3 Å². The van der Waals surface area contributed by atoms with Crippen molar-refractivity contribution < 1.29 is 23.1 Å². The summed E-state index contributed by atoms with van der Waals surface area (Å²) in [6.07, 6.45) is 0. The van der Waals surface area contributed by atoms with Gasteiger partial charge in [-0.3, -0.25) is 0 Å². The van der Waals surface area contributed by atoms with Gasteiger partial charge in [0.2, 0.25) is 10.0 Å². The van der Waals surface area contributed by atoms with Gasteiger partial charge in [0.15, 0.2) is 0 Å². The van der Waals surface area contributed by atoms with E-state index in [2.05, 4.69) is 9.46 Å². The second-order valence-corrected chi connectivity index (χ2v) is 6.18. The van der Waals surface area contributed by atoms with Gasteiger partial charge in [-0.2, -0.15) is 0 Å². The Balaban J connectivity index is 3.11. The standard InChI is InChI=1S/C12H17NO5S/c1-8(2)7-13-19(16,17)9-4-5-11(14)10(6-9)12(15)18-3/h4-6,8,13-14H,7H2,1-3H3. The van der Waals surface area contributed by atoms with Crippen molar-refractivity contribution in [2.24, 2.45) is 5.92 Å². The van der Waals surface area contributed by atoms with Gasteiger partial charge < -0.3 is 9.84 Å². The van der Waals surface area contributed by atoms with Crippen LogP contribution in [0.5, 0.6) is 5.75 Å². The van der Waals surface area contributed by atoms with Crippen LogP contribution in [0.25, 0.3) is 0 Å². The molecule has 1 rings (SSSR count). The molecule has 0 bridgehead atoms. The number of hydrogen-bond donors (Lipinski definition) is 2. The summed E-state index contributed by atoms with van der Waals surface area (Å²) in [5, 5.41) is 9.50. The predicted molar refractivity (Wildman–Crippen MR) is 69.5 cm³/mol. The third-order valence-electron chi connectivity index (χ3n) is 2.37. The maximum atomic E-state index is 12.0. The van der Waals surface area contributed by atoms with Gasteiger partial charge >= 0.3 is 5.97 Å². The highest BCUT2D eigenvalue weighted by molar-refractivity contribution is 7.89. The Kier molecular flexibility index (Phi) is 4.90. The lowest BCUT2D eigenvalue weighted by Gasteiger charge is -2.10. The number of nitrogens with one attached hydrogen (secondary N) is 1. The van der Waals surface area contributed by atoms with Crippen molar-refractivity contribution in [3.63, 3.8) is 0 Å². The first kappa shape index (κ1) is 15.5. The van der Waals surface area contributed by atoms with E-state index < -0.39 is 16.0 Å². The zero-order valence-corrected chi connectivity index (χ0v) is 11.8. The molecule has 0 fully saturated rings. The summed E-state index contributed by atoms with van der Waals surface area (Å²) in [6.45, 7) is 4.04. The van der Waals surface area contributed by atoms with Gasteiger partial charge in [0.05, 0.1) is 12.0 Å². The first-order valence-corrected chi connectivity index (χ1v) is 7.17. The van der Waals surface area contributed by atoms with Crippen LogP contribution in [-0.4, -0.2) is 33.1 Å². The fraction of sp³-hybridized carbons (Fsp3) is 0.417. The Bertz CT molecular complexity index is 565. The fourth-order valence-electron chi connectivity index (χ4n) is 1.32. The predicted octanol–water partition coefficient (Wildman–Crippen LogP) is 1.11.